The summed E-state index contributed by atoms with van der Waals surface area (Å²) in [5.74, 6) is 0.127. The number of amides is 1. The third-order valence-corrected chi connectivity index (χ3v) is 4.49. The molecule has 0 spiro atoms. The topological polar surface area (TPSA) is 44.4 Å². The lowest BCUT2D eigenvalue weighted by molar-refractivity contribution is -0.122. The molecule has 1 saturated heterocycles. The summed E-state index contributed by atoms with van der Waals surface area (Å²) in [6.07, 6.45) is 10.4. The van der Waals surface area contributed by atoms with Gasteiger partial charge in [0.15, 0.2) is 0 Å². The molecule has 4 heteroatoms. The fourth-order valence-corrected chi connectivity index (χ4v) is 3.08. The van der Waals surface area contributed by atoms with Crippen molar-refractivity contribution in [3.63, 3.8) is 0 Å². The van der Waals surface area contributed by atoms with E-state index in [1.54, 1.807) is 7.05 Å². The molecule has 0 aromatic rings. The minimum absolute atomic E-state index is 0.127. The minimum atomic E-state index is 0.127. The van der Waals surface area contributed by atoms with Gasteiger partial charge in [-0.2, -0.15) is 0 Å². The molecule has 1 atom stereocenters. The molecule has 4 nitrogen and oxygen atoms in total. The second kappa shape index (κ2) is 11.0. The first-order valence-corrected chi connectivity index (χ1v) is 8.84. The van der Waals surface area contributed by atoms with Crippen LogP contribution in [-0.2, 0) is 4.79 Å². The van der Waals surface area contributed by atoms with Crippen LogP contribution in [0, 0.1) is 0 Å². The quantitative estimate of drug-likeness (QED) is 0.609. The zero-order valence-corrected chi connectivity index (χ0v) is 14.3. The Morgan fingerprint density at radius 1 is 1.19 bits per heavy atom. The SMILES string of the molecule is CCCCCCCC(C)NC1CCN(CC(=O)NC)CC1. The normalized spacial score (nSPS) is 18.6. The van der Waals surface area contributed by atoms with Crippen LogP contribution in [-0.4, -0.2) is 49.6 Å². The highest BCUT2D eigenvalue weighted by Gasteiger charge is 2.21. The van der Waals surface area contributed by atoms with Crippen molar-refractivity contribution in [1.82, 2.24) is 15.5 Å². The van der Waals surface area contributed by atoms with E-state index < -0.39 is 0 Å². The van der Waals surface area contributed by atoms with Crippen LogP contribution in [0.5, 0.6) is 0 Å². The van der Waals surface area contributed by atoms with Gasteiger partial charge in [-0.3, -0.25) is 9.69 Å². The zero-order chi connectivity index (χ0) is 15.5. The van der Waals surface area contributed by atoms with E-state index in [-0.39, 0.29) is 5.91 Å². The molecule has 0 aliphatic carbocycles. The second-order valence-electron chi connectivity index (χ2n) is 6.49. The standard InChI is InChI=1S/C17H35N3O/c1-4-5-6-7-8-9-15(2)19-16-10-12-20(13-11-16)14-17(21)18-3/h15-16,19H,4-14H2,1-3H3,(H,18,21). The van der Waals surface area contributed by atoms with Crippen LogP contribution < -0.4 is 10.6 Å². The molecule has 1 fully saturated rings. The van der Waals surface area contributed by atoms with Gasteiger partial charge in [-0.15, -0.1) is 0 Å². The van der Waals surface area contributed by atoms with Crippen molar-refractivity contribution in [2.75, 3.05) is 26.7 Å². The van der Waals surface area contributed by atoms with Gasteiger partial charge in [-0.25, -0.2) is 0 Å². The number of carbonyl (C=O) groups excluding carboxylic acids is 1. The molecule has 21 heavy (non-hydrogen) atoms. The van der Waals surface area contributed by atoms with E-state index in [1.165, 1.54) is 38.5 Å². The second-order valence-corrected chi connectivity index (χ2v) is 6.49. The fraction of sp³-hybridized carbons (Fsp3) is 0.941. The van der Waals surface area contributed by atoms with Crippen LogP contribution >= 0.6 is 0 Å². The summed E-state index contributed by atoms with van der Waals surface area (Å²) in [5.41, 5.74) is 0. The Kier molecular flexibility index (Phi) is 9.68. The van der Waals surface area contributed by atoms with Gasteiger partial charge in [0.2, 0.25) is 5.91 Å². The molecular weight excluding hydrogens is 262 g/mol. The third kappa shape index (κ3) is 8.42. The Bertz CT molecular complexity index is 275. The summed E-state index contributed by atoms with van der Waals surface area (Å²) >= 11 is 0. The van der Waals surface area contributed by atoms with Crippen molar-refractivity contribution in [3.05, 3.63) is 0 Å². The molecule has 1 aliphatic heterocycles. The Morgan fingerprint density at radius 3 is 2.48 bits per heavy atom. The number of rotatable bonds is 10. The summed E-state index contributed by atoms with van der Waals surface area (Å²) in [7, 11) is 1.71. The lowest BCUT2D eigenvalue weighted by Crippen LogP contribution is -2.47. The highest BCUT2D eigenvalue weighted by molar-refractivity contribution is 5.77. The summed E-state index contributed by atoms with van der Waals surface area (Å²) < 4.78 is 0. The number of nitrogens with one attached hydrogen (secondary N) is 2. The van der Waals surface area contributed by atoms with Crippen molar-refractivity contribution in [2.45, 2.75) is 77.3 Å². The lowest BCUT2D eigenvalue weighted by Gasteiger charge is -2.33. The van der Waals surface area contributed by atoms with Crippen LogP contribution in [0.3, 0.4) is 0 Å². The van der Waals surface area contributed by atoms with E-state index >= 15 is 0 Å². The van der Waals surface area contributed by atoms with E-state index in [1.807, 2.05) is 0 Å². The molecule has 2 N–H and O–H groups in total. The highest BCUT2D eigenvalue weighted by Crippen LogP contribution is 2.13. The Balaban J connectivity index is 2.07. The Labute approximate surface area is 131 Å². The van der Waals surface area contributed by atoms with Crippen molar-refractivity contribution in [2.24, 2.45) is 0 Å². The maximum atomic E-state index is 11.4. The number of hydrogen-bond acceptors (Lipinski definition) is 3. The molecule has 0 aromatic carbocycles. The maximum absolute atomic E-state index is 11.4. The molecule has 1 unspecified atom stereocenters. The number of piperidine rings is 1. The van der Waals surface area contributed by atoms with Gasteiger partial charge in [-0.1, -0.05) is 39.0 Å². The van der Waals surface area contributed by atoms with E-state index in [4.69, 9.17) is 0 Å². The molecule has 0 bridgehead atoms. The van der Waals surface area contributed by atoms with E-state index in [0.29, 0.717) is 18.6 Å². The summed E-state index contributed by atoms with van der Waals surface area (Å²) in [6.45, 7) is 7.20. The zero-order valence-electron chi connectivity index (χ0n) is 14.3. The molecule has 124 valence electrons. The van der Waals surface area contributed by atoms with Gasteiger partial charge in [0.1, 0.15) is 0 Å². The van der Waals surface area contributed by atoms with E-state index in [9.17, 15) is 4.79 Å². The number of nitrogens with zero attached hydrogens (tertiary/aromatic N) is 1. The van der Waals surface area contributed by atoms with Crippen LogP contribution in [0.2, 0.25) is 0 Å². The lowest BCUT2D eigenvalue weighted by atomic mass is 10.0. The number of unbranched alkanes of at least 4 members (excludes halogenated alkanes) is 4. The number of hydrogen-bond donors (Lipinski definition) is 2. The first-order valence-electron chi connectivity index (χ1n) is 8.84. The van der Waals surface area contributed by atoms with E-state index in [0.717, 1.165) is 25.9 Å². The van der Waals surface area contributed by atoms with Gasteiger partial charge in [0.05, 0.1) is 6.54 Å². The molecule has 1 amide bonds. The van der Waals surface area contributed by atoms with Crippen molar-refractivity contribution >= 4 is 5.91 Å². The summed E-state index contributed by atoms with van der Waals surface area (Å²) in [4.78, 5) is 13.6. The highest BCUT2D eigenvalue weighted by atomic mass is 16.1. The van der Waals surface area contributed by atoms with Crippen molar-refractivity contribution in [1.29, 1.82) is 0 Å². The van der Waals surface area contributed by atoms with Gasteiger partial charge in [-0.05, 0) is 26.2 Å². The van der Waals surface area contributed by atoms with Crippen LogP contribution in [0.25, 0.3) is 0 Å². The molecule has 1 rings (SSSR count). The van der Waals surface area contributed by atoms with Crippen LogP contribution in [0.15, 0.2) is 0 Å². The summed E-state index contributed by atoms with van der Waals surface area (Å²) in [5, 5.41) is 6.47. The predicted octanol–water partition coefficient (Wildman–Crippen LogP) is 2.54. The van der Waals surface area contributed by atoms with Gasteiger partial charge < -0.3 is 10.6 Å². The molecule has 0 radical (unpaired) electrons. The van der Waals surface area contributed by atoms with Crippen LogP contribution in [0.1, 0.15) is 65.2 Å². The Hall–Kier alpha value is -0.610. The number of carbonyl (C=O) groups is 1. The van der Waals surface area contributed by atoms with Crippen LogP contribution in [0.4, 0.5) is 0 Å². The van der Waals surface area contributed by atoms with Gasteiger partial charge in [0.25, 0.3) is 0 Å². The molecule has 1 heterocycles. The Morgan fingerprint density at radius 2 is 1.86 bits per heavy atom. The first-order chi connectivity index (χ1) is 10.2. The van der Waals surface area contributed by atoms with Gasteiger partial charge >= 0.3 is 0 Å². The smallest absolute Gasteiger partial charge is 0.233 e. The monoisotopic (exact) mass is 297 g/mol. The predicted molar refractivity (Wildman–Crippen MR) is 89.5 cm³/mol. The maximum Gasteiger partial charge on any atom is 0.233 e. The van der Waals surface area contributed by atoms with Crippen molar-refractivity contribution in [3.8, 4) is 0 Å². The number of likely N-dealkylation sites (tertiary alicyclic amines) is 1. The molecule has 0 aromatic heterocycles. The van der Waals surface area contributed by atoms with Gasteiger partial charge in [0, 0.05) is 32.2 Å². The average molecular weight is 297 g/mol. The van der Waals surface area contributed by atoms with E-state index in [2.05, 4.69) is 29.4 Å². The number of likely N-dealkylation sites (N-methyl/N-ethyl adjacent to an activating group) is 1. The molecule has 0 saturated carbocycles. The first kappa shape index (κ1) is 18.4. The minimum Gasteiger partial charge on any atom is -0.358 e. The fourth-order valence-electron chi connectivity index (χ4n) is 3.08. The van der Waals surface area contributed by atoms with Crippen molar-refractivity contribution < 1.29 is 4.79 Å². The largest absolute Gasteiger partial charge is 0.358 e. The molecule has 1 aliphatic rings. The third-order valence-electron chi connectivity index (χ3n) is 4.49. The summed E-state index contributed by atoms with van der Waals surface area (Å²) in [6, 6.07) is 1.26. The molecular formula is C17H35N3O. The average Bonchev–Trinajstić information content (AvgIpc) is 2.49.